The molecule has 1 aliphatic heterocycles. The van der Waals surface area contributed by atoms with Crippen molar-refractivity contribution in [3.63, 3.8) is 0 Å². The second kappa shape index (κ2) is 6.32. The summed E-state index contributed by atoms with van der Waals surface area (Å²) in [5.41, 5.74) is 0. The summed E-state index contributed by atoms with van der Waals surface area (Å²) in [6, 6.07) is 0. The topological polar surface area (TPSA) is 66.9 Å². The van der Waals surface area contributed by atoms with E-state index >= 15 is 0 Å². The summed E-state index contributed by atoms with van der Waals surface area (Å²) in [6.45, 7) is 4.66. The Balaban J connectivity index is 2.34. The first kappa shape index (κ1) is 14.4. The normalized spacial score (nSPS) is 19.2. The van der Waals surface area contributed by atoms with Crippen LogP contribution >= 0.6 is 0 Å². The maximum atomic E-state index is 11.6. The number of hydrogen-bond donors (Lipinski definition) is 0. The first-order valence-corrected chi connectivity index (χ1v) is 7.37. The van der Waals surface area contributed by atoms with Crippen LogP contribution in [-0.4, -0.2) is 69.2 Å². The van der Waals surface area contributed by atoms with E-state index in [2.05, 4.69) is 9.64 Å². The molecule has 0 N–H and O–H groups in total. The summed E-state index contributed by atoms with van der Waals surface area (Å²) in [7, 11) is -1.70. The van der Waals surface area contributed by atoms with E-state index in [1.54, 1.807) is 6.92 Å². The summed E-state index contributed by atoms with van der Waals surface area (Å²) in [5, 5.41) is 0. The number of esters is 1. The highest BCUT2D eigenvalue weighted by Gasteiger charge is 2.25. The van der Waals surface area contributed by atoms with Crippen LogP contribution in [0.15, 0.2) is 0 Å². The van der Waals surface area contributed by atoms with Crippen molar-refractivity contribution in [2.24, 2.45) is 0 Å². The van der Waals surface area contributed by atoms with Gasteiger partial charge in [-0.15, -0.1) is 0 Å². The minimum Gasteiger partial charge on any atom is -0.469 e. The smallest absolute Gasteiger partial charge is 0.306 e. The van der Waals surface area contributed by atoms with Gasteiger partial charge in [-0.1, -0.05) is 0 Å². The summed E-state index contributed by atoms with van der Waals surface area (Å²) < 4.78 is 29.3. The van der Waals surface area contributed by atoms with Gasteiger partial charge in [0.2, 0.25) is 10.0 Å². The molecule has 0 amide bonds. The predicted molar refractivity (Wildman–Crippen MR) is 64.1 cm³/mol. The van der Waals surface area contributed by atoms with Gasteiger partial charge in [0.15, 0.2) is 0 Å². The van der Waals surface area contributed by atoms with Crippen LogP contribution in [0.4, 0.5) is 0 Å². The first-order chi connectivity index (χ1) is 7.99. The van der Waals surface area contributed by atoms with Crippen molar-refractivity contribution in [3.05, 3.63) is 0 Å². The molecular formula is C10H20N2O4S. The quantitative estimate of drug-likeness (QED) is 0.627. The molecule has 0 aliphatic carbocycles. The Kier molecular flexibility index (Phi) is 5.35. The second-order valence-corrected chi connectivity index (χ2v) is 6.22. The zero-order valence-electron chi connectivity index (χ0n) is 10.4. The largest absolute Gasteiger partial charge is 0.469 e. The summed E-state index contributed by atoms with van der Waals surface area (Å²) in [4.78, 5) is 13.1. The fourth-order valence-corrected chi connectivity index (χ4v) is 2.85. The Morgan fingerprint density at radius 3 is 2.29 bits per heavy atom. The monoisotopic (exact) mass is 264 g/mol. The molecule has 0 aromatic rings. The molecule has 0 atom stereocenters. The minimum atomic E-state index is -3.07. The van der Waals surface area contributed by atoms with Gasteiger partial charge >= 0.3 is 5.97 Å². The molecular weight excluding hydrogens is 244 g/mol. The van der Waals surface area contributed by atoms with Crippen LogP contribution in [0.3, 0.4) is 0 Å². The maximum absolute atomic E-state index is 11.6. The van der Waals surface area contributed by atoms with Crippen molar-refractivity contribution in [1.29, 1.82) is 0 Å². The van der Waals surface area contributed by atoms with Crippen molar-refractivity contribution >= 4 is 16.0 Å². The Morgan fingerprint density at radius 1 is 1.24 bits per heavy atom. The number of methoxy groups -OCH3 is 1. The molecule has 1 rings (SSSR count). The molecule has 1 fully saturated rings. The molecule has 0 spiro atoms. The number of sulfonamides is 1. The van der Waals surface area contributed by atoms with Gasteiger partial charge in [0.05, 0.1) is 19.3 Å². The molecule has 0 bridgehead atoms. The fourth-order valence-electron chi connectivity index (χ4n) is 1.77. The number of piperazine rings is 1. The van der Waals surface area contributed by atoms with Gasteiger partial charge in [-0.2, -0.15) is 4.31 Å². The third-order valence-electron chi connectivity index (χ3n) is 2.95. The number of carbonyl (C=O) groups is 1. The van der Waals surface area contributed by atoms with Crippen molar-refractivity contribution in [1.82, 2.24) is 9.21 Å². The lowest BCUT2D eigenvalue weighted by Crippen LogP contribution is -2.49. The molecule has 0 aromatic carbocycles. The highest BCUT2D eigenvalue weighted by atomic mass is 32.2. The average Bonchev–Trinajstić information content (AvgIpc) is 2.36. The Labute approximate surface area is 103 Å². The Bertz CT molecular complexity index is 347. The molecule has 0 radical (unpaired) electrons. The number of nitrogens with zero attached hydrogens (tertiary/aromatic N) is 2. The third-order valence-corrected chi connectivity index (χ3v) is 4.83. The van der Waals surface area contributed by atoms with E-state index in [1.807, 2.05) is 0 Å². The molecule has 0 unspecified atom stereocenters. The first-order valence-electron chi connectivity index (χ1n) is 5.76. The molecule has 0 aromatic heterocycles. The highest BCUT2D eigenvalue weighted by Crippen LogP contribution is 2.08. The number of hydrogen-bond acceptors (Lipinski definition) is 5. The van der Waals surface area contributed by atoms with Gasteiger partial charge < -0.3 is 9.64 Å². The third kappa shape index (κ3) is 4.25. The van der Waals surface area contributed by atoms with Crippen molar-refractivity contribution in [3.8, 4) is 0 Å². The Morgan fingerprint density at radius 2 is 1.82 bits per heavy atom. The van der Waals surface area contributed by atoms with Crippen LogP contribution in [-0.2, 0) is 19.6 Å². The zero-order valence-corrected chi connectivity index (χ0v) is 11.2. The summed E-state index contributed by atoms with van der Waals surface area (Å²) >= 11 is 0. The van der Waals surface area contributed by atoms with Gasteiger partial charge in [0, 0.05) is 32.7 Å². The molecule has 1 saturated heterocycles. The molecule has 1 heterocycles. The molecule has 1 aliphatic rings. The van der Waals surface area contributed by atoms with E-state index in [-0.39, 0.29) is 11.7 Å². The van der Waals surface area contributed by atoms with E-state index in [9.17, 15) is 13.2 Å². The van der Waals surface area contributed by atoms with Crippen LogP contribution in [0, 0.1) is 0 Å². The zero-order chi connectivity index (χ0) is 12.9. The van der Waals surface area contributed by atoms with Gasteiger partial charge in [-0.25, -0.2) is 8.42 Å². The molecule has 7 heteroatoms. The average molecular weight is 264 g/mol. The standard InChI is InChI=1S/C10H20N2O4S/c1-3-17(14,15)12-8-6-11(7-9-12)5-4-10(13)16-2/h3-9H2,1-2H3. The number of rotatable bonds is 5. The summed E-state index contributed by atoms with van der Waals surface area (Å²) in [6.07, 6.45) is 0.358. The Hall–Kier alpha value is -0.660. The van der Waals surface area contributed by atoms with Gasteiger partial charge in [0.1, 0.15) is 0 Å². The van der Waals surface area contributed by atoms with Crippen LogP contribution < -0.4 is 0 Å². The predicted octanol–water partition coefficient (Wildman–Crippen LogP) is -0.483. The van der Waals surface area contributed by atoms with Crippen molar-refractivity contribution in [2.75, 3.05) is 45.6 Å². The minimum absolute atomic E-state index is 0.148. The van der Waals surface area contributed by atoms with E-state index in [0.717, 1.165) is 0 Å². The molecule has 0 saturated carbocycles. The van der Waals surface area contributed by atoms with Gasteiger partial charge in [-0.3, -0.25) is 4.79 Å². The number of ether oxygens (including phenoxy) is 1. The van der Waals surface area contributed by atoms with Gasteiger partial charge in [-0.05, 0) is 6.92 Å². The van der Waals surface area contributed by atoms with Crippen LogP contribution in [0.5, 0.6) is 0 Å². The summed E-state index contributed by atoms with van der Waals surface area (Å²) in [5.74, 6) is -0.0802. The van der Waals surface area contributed by atoms with Crippen LogP contribution in [0.1, 0.15) is 13.3 Å². The van der Waals surface area contributed by atoms with E-state index in [0.29, 0.717) is 39.1 Å². The van der Waals surface area contributed by atoms with Crippen molar-refractivity contribution in [2.45, 2.75) is 13.3 Å². The van der Waals surface area contributed by atoms with E-state index < -0.39 is 10.0 Å². The van der Waals surface area contributed by atoms with E-state index in [4.69, 9.17) is 0 Å². The molecule has 100 valence electrons. The lowest BCUT2D eigenvalue weighted by atomic mass is 10.3. The highest BCUT2D eigenvalue weighted by molar-refractivity contribution is 7.89. The van der Waals surface area contributed by atoms with Crippen LogP contribution in [0.25, 0.3) is 0 Å². The lowest BCUT2D eigenvalue weighted by Gasteiger charge is -2.33. The van der Waals surface area contributed by atoms with Crippen LogP contribution in [0.2, 0.25) is 0 Å². The van der Waals surface area contributed by atoms with Crippen molar-refractivity contribution < 1.29 is 17.9 Å². The number of carbonyl (C=O) groups excluding carboxylic acids is 1. The maximum Gasteiger partial charge on any atom is 0.306 e. The van der Waals surface area contributed by atoms with Gasteiger partial charge in [0.25, 0.3) is 0 Å². The second-order valence-electron chi connectivity index (χ2n) is 3.97. The lowest BCUT2D eigenvalue weighted by molar-refractivity contribution is -0.141. The molecule has 17 heavy (non-hydrogen) atoms. The van der Waals surface area contributed by atoms with E-state index in [1.165, 1.54) is 11.4 Å². The SMILES string of the molecule is CCS(=O)(=O)N1CCN(CCC(=O)OC)CC1. The fraction of sp³-hybridized carbons (Fsp3) is 0.900. The molecule has 6 nitrogen and oxygen atoms in total.